The van der Waals surface area contributed by atoms with Gasteiger partial charge in [-0.15, -0.1) is 0 Å². The molecule has 3 aromatic heterocycles. The zero-order valence-corrected chi connectivity index (χ0v) is 18.3. The van der Waals surface area contributed by atoms with E-state index >= 15 is 0 Å². The molecule has 0 aliphatic heterocycles. The van der Waals surface area contributed by atoms with Crippen molar-refractivity contribution in [3.8, 4) is 28.1 Å². The number of nitrogens with one attached hydrogen (secondary N) is 1. The highest BCUT2D eigenvalue weighted by Crippen LogP contribution is 2.43. The molecule has 3 aromatic carbocycles. The summed E-state index contributed by atoms with van der Waals surface area (Å²) in [6.45, 7) is 0. The molecule has 0 unspecified atom stereocenters. The van der Waals surface area contributed by atoms with Crippen LogP contribution in [0, 0.1) is 4.77 Å². The van der Waals surface area contributed by atoms with Crippen LogP contribution in [0.15, 0.2) is 91.3 Å². The van der Waals surface area contributed by atoms with Gasteiger partial charge in [0.05, 0.1) is 11.1 Å². The first-order valence-corrected chi connectivity index (χ1v) is 10.9. The van der Waals surface area contributed by atoms with Crippen molar-refractivity contribution in [1.29, 1.82) is 0 Å². The van der Waals surface area contributed by atoms with Gasteiger partial charge in [-0.3, -0.25) is 14.1 Å². The summed E-state index contributed by atoms with van der Waals surface area (Å²) in [4.78, 5) is 4.84. The number of benzene rings is 3. The van der Waals surface area contributed by atoms with Crippen LogP contribution in [0.5, 0.6) is 0 Å². The number of rotatable bonds is 3. The molecule has 0 atom stereocenters. The van der Waals surface area contributed by atoms with Gasteiger partial charge in [-0.25, -0.2) is 4.98 Å². The van der Waals surface area contributed by atoms with E-state index in [4.69, 9.17) is 28.8 Å². The van der Waals surface area contributed by atoms with Crippen LogP contribution in [0.1, 0.15) is 0 Å². The Morgan fingerprint density at radius 2 is 1.44 bits per heavy atom. The average molecular weight is 454 g/mol. The van der Waals surface area contributed by atoms with Gasteiger partial charge < -0.3 is 0 Å². The summed E-state index contributed by atoms with van der Waals surface area (Å²) < 4.78 is 4.49. The van der Waals surface area contributed by atoms with Crippen LogP contribution in [0.3, 0.4) is 0 Å². The maximum atomic E-state index is 6.20. The lowest BCUT2D eigenvalue weighted by atomic mass is 9.99. The minimum atomic E-state index is 0.508. The first kappa shape index (κ1) is 19.0. The van der Waals surface area contributed by atoms with Gasteiger partial charge in [0.2, 0.25) is 4.77 Å². The Labute approximate surface area is 193 Å². The fourth-order valence-corrected chi connectivity index (χ4v) is 4.50. The fraction of sp³-hybridized carbons (Fsp3) is 0. The van der Waals surface area contributed by atoms with Crippen molar-refractivity contribution in [2.24, 2.45) is 0 Å². The predicted molar refractivity (Wildman–Crippen MR) is 131 cm³/mol. The monoisotopic (exact) mass is 453 g/mol. The molecule has 0 radical (unpaired) electrons. The van der Waals surface area contributed by atoms with Crippen LogP contribution in [-0.4, -0.2) is 24.1 Å². The molecule has 0 aliphatic rings. The van der Waals surface area contributed by atoms with Gasteiger partial charge in [0.15, 0.2) is 11.3 Å². The number of aromatic nitrogens is 5. The van der Waals surface area contributed by atoms with Crippen molar-refractivity contribution in [3.05, 3.63) is 101 Å². The highest BCUT2D eigenvalue weighted by molar-refractivity contribution is 7.71. The molecule has 5 nitrogen and oxygen atoms in total. The van der Waals surface area contributed by atoms with Gasteiger partial charge in [0.1, 0.15) is 6.33 Å². The molecule has 1 N–H and O–H groups in total. The van der Waals surface area contributed by atoms with Crippen LogP contribution in [-0.2, 0) is 0 Å². The Bertz CT molecular complexity index is 1630. The van der Waals surface area contributed by atoms with Gasteiger partial charge in [-0.05, 0) is 47.6 Å². The minimum Gasteiger partial charge on any atom is -0.293 e. The van der Waals surface area contributed by atoms with Crippen LogP contribution in [0.2, 0.25) is 5.02 Å². The molecule has 6 rings (SSSR count). The summed E-state index contributed by atoms with van der Waals surface area (Å²) in [6, 6.07) is 28.4. The average Bonchev–Trinajstić information content (AvgIpc) is 3.39. The second kappa shape index (κ2) is 7.44. The third-order valence-corrected chi connectivity index (χ3v) is 6.10. The highest BCUT2D eigenvalue weighted by atomic mass is 35.5. The third-order valence-electron chi connectivity index (χ3n) is 5.56. The smallest absolute Gasteiger partial charge is 0.200 e. The number of nitrogens with zero attached hydrogens (tertiary/aromatic N) is 4. The number of hydrogen-bond donors (Lipinski definition) is 1. The maximum Gasteiger partial charge on any atom is 0.200 e. The van der Waals surface area contributed by atoms with E-state index in [2.05, 4.69) is 39.0 Å². The molecular weight excluding hydrogens is 438 g/mol. The van der Waals surface area contributed by atoms with E-state index in [0.29, 0.717) is 9.79 Å². The Morgan fingerprint density at radius 1 is 0.781 bits per heavy atom. The van der Waals surface area contributed by atoms with Gasteiger partial charge in [0.25, 0.3) is 0 Å². The van der Waals surface area contributed by atoms with Gasteiger partial charge in [0, 0.05) is 16.3 Å². The van der Waals surface area contributed by atoms with E-state index in [-0.39, 0.29) is 0 Å². The number of aromatic amines is 1. The number of halogens is 1. The third kappa shape index (κ3) is 2.88. The second-order valence-corrected chi connectivity index (χ2v) is 8.26. The van der Waals surface area contributed by atoms with Crippen molar-refractivity contribution >= 4 is 40.5 Å². The minimum absolute atomic E-state index is 0.508. The van der Waals surface area contributed by atoms with E-state index in [0.717, 1.165) is 44.8 Å². The maximum absolute atomic E-state index is 6.20. The molecular formula is C25H16ClN5S. The molecule has 0 fully saturated rings. The fourth-order valence-electron chi connectivity index (χ4n) is 4.19. The number of hydrogen-bond acceptors (Lipinski definition) is 3. The molecule has 7 heteroatoms. The van der Waals surface area contributed by atoms with Crippen molar-refractivity contribution in [1.82, 2.24) is 24.1 Å². The molecule has 0 saturated carbocycles. The quantitative estimate of drug-likeness (QED) is 0.302. The number of H-pyrrole nitrogens is 1. The van der Waals surface area contributed by atoms with Gasteiger partial charge in [-0.1, -0.05) is 72.3 Å². The largest absolute Gasteiger partial charge is 0.293 e. The lowest BCUT2D eigenvalue weighted by Crippen LogP contribution is -1.99. The molecule has 0 amide bonds. The second-order valence-electron chi connectivity index (χ2n) is 7.43. The lowest BCUT2D eigenvalue weighted by Gasteiger charge is -2.13. The Hall–Kier alpha value is -3.74. The SMILES string of the molecule is S=c1[nH]nc2c3c(-c4ccccc4)c(-c4ccccc4)n(-c4ccc(Cl)cc4)c3ncn12. The Balaban J connectivity index is 1.87. The zero-order chi connectivity index (χ0) is 21.7. The van der Waals surface area contributed by atoms with Gasteiger partial charge >= 0.3 is 0 Å². The summed E-state index contributed by atoms with van der Waals surface area (Å²) in [7, 11) is 0. The molecule has 0 saturated heterocycles. The molecule has 0 spiro atoms. The molecule has 32 heavy (non-hydrogen) atoms. The highest BCUT2D eigenvalue weighted by Gasteiger charge is 2.25. The zero-order valence-electron chi connectivity index (χ0n) is 16.7. The summed E-state index contributed by atoms with van der Waals surface area (Å²) in [6.07, 6.45) is 1.72. The van der Waals surface area contributed by atoms with Crippen LogP contribution in [0.4, 0.5) is 0 Å². The van der Waals surface area contributed by atoms with Gasteiger partial charge in [-0.2, -0.15) is 5.10 Å². The predicted octanol–water partition coefficient (Wildman–Crippen LogP) is 6.72. The van der Waals surface area contributed by atoms with E-state index in [1.807, 2.05) is 65.1 Å². The van der Waals surface area contributed by atoms with Crippen molar-refractivity contribution in [2.45, 2.75) is 0 Å². The van der Waals surface area contributed by atoms with E-state index in [1.54, 1.807) is 6.33 Å². The Morgan fingerprint density at radius 3 is 2.12 bits per heavy atom. The van der Waals surface area contributed by atoms with E-state index in [1.165, 1.54) is 0 Å². The van der Waals surface area contributed by atoms with Crippen molar-refractivity contribution in [2.75, 3.05) is 0 Å². The van der Waals surface area contributed by atoms with Crippen LogP contribution in [0.25, 0.3) is 44.8 Å². The molecule has 154 valence electrons. The summed E-state index contributed by atoms with van der Waals surface area (Å²) >= 11 is 11.6. The standard InChI is InChI=1S/C25H16ClN5S/c26-18-11-13-19(14-12-18)31-22(17-9-5-2-6-10-17)20(16-7-3-1-4-8-16)21-23(31)27-15-30-24(21)28-29-25(30)32/h1-15H,(H,29,32). The molecule has 3 heterocycles. The summed E-state index contributed by atoms with van der Waals surface area (Å²) in [5.74, 6) is 0. The lowest BCUT2D eigenvalue weighted by molar-refractivity contribution is 1.03. The normalized spacial score (nSPS) is 11.4. The van der Waals surface area contributed by atoms with Crippen molar-refractivity contribution < 1.29 is 0 Å². The summed E-state index contributed by atoms with van der Waals surface area (Å²) in [5, 5.41) is 9.09. The van der Waals surface area contributed by atoms with Crippen LogP contribution < -0.4 is 0 Å². The first-order valence-electron chi connectivity index (χ1n) is 10.1. The number of fused-ring (bicyclic) bond motifs is 3. The topological polar surface area (TPSA) is 50.9 Å². The Kier molecular flexibility index (Phi) is 4.41. The first-order chi connectivity index (χ1) is 15.7. The van der Waals surface area contributed by atoms with E-state index in [9.17, 15) is 0 Å². The molecule has 0 aliphatic carbocycles. The van der Waals surface area contributed by atoms with Crippen molar-refractivity contribution in [3.63, 3.8) is 0 Å². The molecule has 6 aromatic rings. The van der Waals surface area contributed by atoms with Crippen LogP contribution >= 0.6 is 23.8 Å². The summed E-state index contributed by atoms with van der Waals surface area (Å²) in [5.41, 5.74) is 6.73. The molecule has 0 bridgehead atoms. The van der Waals surface area contributed by atoms with E-state index < -0.39 is 0 Å².